The maximum atomic E-state index is 12.7. The van der Waals surface area contributed by atoms with Crippen molar-refractivity contribution in [3.05, 3.63) is 69.3 Å². The number of halogens is 3. The summed E-state index contributed by atoms with van der Waals surface area (Å²) in [7, 11) is 0. The van der Waals surface area contributed by atoms with Crippen molar-refractivity contribution in [1.29, 1.82) is 0 Å². The van der Waals surface area contributed by atoms with Crippen LogP contribution >= 0.6 is 0 Å². The summed E-state index contributed by atoms with van der Waals surface area (Å²) in [6, 6.07) is 9.20. The Morgan fingerprint density at radius 2 is 1.74 bits per heavy atom. The SMILES string of the molecule is Cc1ccccc1C(=O)NCCC(=O)NCCNc1ccc(C(F)(F)F)cc1[N+](=O)[O-]. The summed E-state index contributed by atoms with van der Waals surface area (Å²) in [5, 5.41) is 18.9. The molecule has 0 aromatic heterocycles. The summed E-state index contributed by atoms with van der Waals surface area (Å²) < 4.78 is 38.1. The fraction of sp³-hybridized carbons (Fsp3) is 0.300. The molecular weight excluding hydrogens is 417 g/mol. The van der Waals surface area contributed by atoms with Gasteiger partial charge in [-0.15, -0.1) is 0 Å². The van der Waals surface area contributed by atoms with Crippen LogP contribution in [0.2, 0.25) is 0 Å². The molecule has 166 valence electrons. The maximum Gasteiger partial charge on any atom is 0.416 e. The largest absolute Gasteiger partial charge is 0.416 e. The molecule has 3 N–H and O–H groups in total. The van der Waals surface area contributed by atoms with E-state index in [2.05, 4.69) is 16.0 Å². The van der Waals surface area contributed by atoms with Gasteiger partial charge in [-0.25, -0.2) is 0 Å². The van der Waals surface area contributed by atoms with E-state index in [0.717, 1.165) is 17.7 Å². The zero-order valence-corrected chi connectivity index (χ0v) is 16.6. The smallest absolute Gasteiger partial charge is 0.378 e. The molecule has 2 rings (SSSR count). The van der Waals surface area contributed by atoms with Crippen molar-refractivity contribution in [3.63, 3.8) is 0 Å². The third kappa shape index (κ3) is 6.98. The summed E-state index contributed by atoms with van der Waals surface area (Å²) in [6.45, 7) is 2.07. The average molecular weight is 438 g/mol. The van der Waals surface area contributed by atoms with Gasteiger partial charge in [-0.05, 0) is 30.7 Å². The van der Waals surface area contributed by atoms with E-state index in [1.165, 1.54) is 0 Å². The highest BCUT2D eigenvalue weighted by atomic mass is 19.4. The van der Waals surface area contributed by atoms with Gasteiger partial charge in [0, 0.05) is 37.7 Å². The van der Waals surface area contributed by atoms with Crippen molar-refractivity contribution in [2.75, 3.05) is 25.0 Å². The minimum absolute atomic E-state index is 0.0258. The molecule has 0 spiro atoms. The second kappa shape index (κ2) is 10.4. The van der Waals surface area contributed by atoms with Gasteiger partial charge >= 0.3 is 6.18 Å². The number of hydrogen-bond donors (Lipinski definition) is 3. The number of amides is 2. The topological polar surface area (TPSA) is 113 Å². The molecule has 0 atom stereocenters. The predicted octanol–water partition coefficient (Wildman–Crippen LogP) is 3.27. The Morgan fingerprint density at radius 3 is 2.39 bits per heavy atom. The van der Waals surface area contributed by atoms with Crippen LogP contribution in [0, 0.1) is 17.0 Å². The normalized spacial score (nSPS) is 11.0. The fourth-order valence-corrected chi connectivity index (χ4v) is 2.71. The van der Waals surface area contributed by atoms with E-state index < -0.39 is 22.4 Å². The van der Waals surface area contributed by atoms with Crippen LogP contribution in [0.1, 0.15) is 27.9 Å². The number of nitro benzene ring substituents is 1. The molecular formula is C20H21F3N4O4. The van der Waals surface area contributed by atoms with Gasteiger partial charge in [-0.1, -0.05) is 18.2 Å². The summed E-state index contributed by atoms with van der Waals surface area (Å²) in [5.74, 6) is -0.643. The second-order valence-corrected chi connectivity index (χ2v) is 6.58. The van der Waals surface area contributed by atoms with Gasteiger partial charge in [-0.3, -0.25) is 19.7 Å². The summed E-state index contributed by atoms with van der Waals surface area (Å²) >= 11 is 0. The van der Waals surface area contributed by atoms with E-state index in [4.69, 9.17) is 0 Å². The number of benzene rings is 2. The highest BCUT2D eigenvalue weighted by molar-refractivity contribution is 5.95. The van der Waals surface area contributed by atoms with E-state index in [1.54, 1.807) is 25.1 Å². The Bertz CT molecular complexity index is 964. The summed E-state index contributed by atoms with van der Waals surface area (Å²) in [5.41, 5.74) is -0.582. The standard InChI is InChI=1S/C20H21F3N4O4/c1-13-4-2-3-5-15(13)19(29)26-9-8-18(28)25-11-10-24-16-7-6-14(20(21,22)23)12-17(16)27(30)31/h2-7,12,24H,8-11H2,1H3,(H,25,28)(H,26,29). The van der Waals surface area contributed by atoms with Gasteiger partial charge in [0.05, 0.1) is 10.5 Å². The lowest BCUT2D eigenvalue weighted by Crippen LogP contribution is -2.33. The number of anilines is 1. The minimum Gasteiger partial charge on any atom is -0.378 e. The van der Waals surface area contributed by atoms with Crippen LogP contribution in [0.4, 0.5) is 24.5 Å². The van der Waals surface area contributed by atoms with E-state index >= 15 is 0 Å². The Morgan fingerprint density at radius 1 is 1.03 bits per heavy atom. The number of carbonyl (C=O) groups excluding carboxylic acids is 2. The molecule has 11 heteroatoms. The molecule has 31 heavy (non-hydrogen) atoms. The van der Waals surface area contributed by atoms with Crippen LogP contribution < -0.4 is 16.0 Å². The van der Waals surface area contributed by atoms with Crippen molar-refractivity contribution in [2.24, 2.45) is 0 Å². The van der Waals surface area contributed by atoms with Crippen LogP contribution in [0.15, 0.2) is 42.5 Å². The summed E-state index contributed by atoms with van der Waals surface area (Å²) in [6.07, 6.45) is -4.66. The minimum atomic E-state index is -4.69. The van der Waals surface area contributed by atoms with Crippen molar-refractivity contribution < 1.29 is 27.7 Å². The van der Waals surface area contributed by atoms with E-state index in [0.29, 0.717) is 11.6 Å². The van der Waals surface area contributed by atoms with Crippen LogP contribution in [0.5, 0.6) is 0 Å². The van der Waals surface area contributed by atoms with Gasteiger partial charge in [0.15, 0.2) is 0 Å². The van der Waals surface area contributed by atoms with Crippen LogP contribution in [-0.2, 0) is 11.0 Å². The van der Waals surface area contributed by atoms with Crippen molar-refractivity contribution >= 4 is 23.2 Å². The quantitative estimate of drug-likeness (QED) is 0.316. The van der Waals surface area contributed by atoms with E-state index in [1.807, 2.05) is 6.07 Å². The van der Waals surface area contributed by atoms with Gasteiger partial charge in [0.1, 0.15) is 5.69 Å². The molecule has 0 radical (unpaired) electrons. The average Bonchev–Trinajstić information content (AvgIpc) is 2.70. The summed E-state index contributed by atoms with van der Waals surface area (Å²) in [4.78, 5) is 34.0. The number of nitrogens with one attached hydrogen (secondary N) is 3. The third-order valence-corrected chi connectivity index (χ3v) is 4.31. The first-order chi connectivity index (χ1) is 14.6. The molecule has 0 saturated heterocycles. The molecule has 2 aromatic carbocycles. The van der Waals surface area contributed by atoms with Crippen LogP contribution in [0.25, 0.3) is 0 Å². The highest BCUT2D eigenvalue weighted by Crippen LogP contribution is 2.34. The lowest BCUT2D eigenvalue weighted by atomic mass is 10.1. The molecule has 0 aliphatic heterocycles. The Kier molecular flexibility index (Phi) is 7.94. The molecule has 2 aromatic rings. The molecule has 0 fully saturated rings. The maximum absolute atomic E-state index is 12.7. The number of carbonyl (C=O) groups is 2. The predicted molar refractivity (Wildman–Crippen MR) is 108 cm³/mol. The number of alkyl halides is 3. The third-order valence-electron chi connectivity index (χ3n) is 4.31. The van der Waals surface area contributed by atoms with Gasteiger partial charge < -0.3 is 16.0 Å². The highest BCUT2D eigenvalue weighted by Gasteiger charge is 2.33. The van der Waals surface area contributed by atoms with Crippen molar-refractivity contribution in [2.45, 2.75) is 19.5 Å². The Balaban J connectivity index is 1.76. The number of nitrogens with zero attached hydrogens (tertiary/aromatic N) is 1. The number of hydrogen-bond acceptors (Lipinski definition) is 5. The van der Waals surface area contributed by atoms with Gasteiger partial charge in [0.2, 0.25) is 5.91 Å². The van der Waals surface area contributed by atoms with E-state index in [-0.39, 0.29) is 43.6 Å². The first-order valence-corrected chi connectivity index (χ1v) is 9.29. The lowest BCUT2D eigenvalue weighted by molar-refractivity contribution is -0.384. The van der Waals surface area contributed by atoms with Crippen molar-refractivity contribution in [1.82, 2.24) is 10.6 Å². The zero-order chi connectivity index (χ0) is 23.0. The molecule has 0 saturated carbocycles. The molecule has 0 aliphatic carbocycles. The fourth-order valence-electron chi connectivity index (χ4n) is 2.71. The second-order valence-electron chi connectivity index (χ2n) is 6.58. The molecule has 0 unspecified atom stereocenters. The Labute approximate surface area is 176 Å². The van der Waals surface area contributed by atoms with E-state index in [9.17, 15) is 32.9 Å². The molecule has 0 heterocycles. The molecule has 0 bridgehead atoms. The monoisotopic (exact) mass is 438 g/mol. The number of aryl methyl sites for hydroxylation is 1. The first kappa shape index (κ1) is 23.6. The molecule has 0 aliphatic rings. The van der Waals surface area contributed by atoms with Crippen LogP contribution in [-0.4, -0.2) is 36.4 Å². The van der Waals surface area contributed by atoms with Crippen LogP contribution in [0.3, 0.4) is 0 Å². The van der Waals surface area contributed by atoms with Crippen molar-refractivity contribution in [3.8, 4) is 0 Å². The zero-order valence-electron chi connectivity index (χ0n) is 16.6. The number of nitro groups is 1. The Hall–Kier alpha value is -3.63. The number of rotatable bonds is 9. The van der Waals surface area contributed by atoms with Gasteiger partial charge in [0.25, 0.3) is 11.6 Å². The first-order valence-electron chi connectivity index (χ1n) is 9.29. The van der Waals surface area contributed by atoms with Gasteiger partial charge in [-0.2, -0.15) is 13.2 Å². The molecule has 2 amide bonds. The lowest BCUT2D eigenvalue weighted by Gasteiger charge is -2.11. The molecule has 8 nitrogen and oxygen atoms in total.